The minimum atomic E-state index is -0.285. The molecule has 0 spiro atoms. The number of nitrogens with one attached hydrogen (secondary N) is 1. The molecule has 0 saturated carbocycles. The highest BCUT2D eigenvalue weighted by Crippen LogP contribution is 2.33. The number of halogens is 1. The Morgan fingerprint density at radius 1 is 1.00 bits per heavy atom. The third kappa shape index (κ3) is 5.56. The van der Waals surface area contributed by atoms with Crippen molar-refractivity contribution in [1.29, 1.82) is 0 Å². The number of aliphatic imine (C=N–C) groups is 1. The number of rotatable bonds is 7. The Morgan fingerprint density at radius 2 is 1.78 bits per heavy atom. The number of carbonyl (C=O) groups excluding carboxylic acids is 1. The summed E-state index contributed by atoms with van der Waals surface area (Å²) >= 11 is 1.29. The van der Waals surface area contributed by atoms with E-state index in [4.69, 9.17) is 9.47 Å². The van der Waals surface area contributed by atoms with Crippen molar-refractivity contribution in [2.45, 2.75) is 13.5 Å². The fourth-order valence-electron chi connectivity index (χ4n) is 3.00. The molecule has 0 aromatic heterocycles. The van der Waals surface area contributed by atoms with Crippen LogP contribution in [-0.2, 0) is 11.4 Å². The van der Waals surface area contributed by atoms with Crippen LogP contribution in [0.15, 0.2) is 82.7 Å². The molecule has 3 aromatic rings. The third-order valence-corrected chi connectivity index (χ3v) is 5.42. The Hall–Kier alpha value is -3.58. The summed E-state index contributed by atoms with van der Waals surface area (Å²) in [5, 5.41) is 3.33. The SMILES string of the molecule is CCOc1cc(/C=C2\SC(=Nc3ccccc3)NC2=O)ccc1OCc1ccc(F)cc1. The van der Waals surface area contributed by atoms with Gasteiger partial charge in [0.25, 0.3) is 5.91 Å². The smallest absolute Gasteiger partial charge is 0.264 e. The molecule has 0 radical (unpaired) electrons. The average Bonchev–Trinajstić information content (AvgIpc) is 3.13. The summed E-state index contributed by atoms with van der Waals surface area (Å²) in [5.74, 6) is 0.671. The first-order valence-electron chi connectivity index (χ1n) is 10.1. The van der Waals surface area contributed by atoms with Gasteiger partial charge < -0.3 is 14.8 Å². The number of ether oxygens (including phenoxy) is 2. The predicted octanol–water partition coefficient (Wildman–Crippen LogP) is 5.70. The molecule has 0 atom stereocenters. The summed E-state index contributed by atoms with van der Waals surface area (Å²) < 4.78 is 24.7. The first-order chi connectivity index (χ1) is 15.6. The Kier molecular flexibility index (Phi) is 6.87. The molecule has 1 fully saturated rings. The van der Waals surface area contributed by atoms with Crippen molar-refractivity contribution in [1.82, 2.24) is 5.32 Å². The van der Waals surface area contributed by atoms with Crippen molar-refractivity contribution in [3.8, 4) is 11.5 Å². The zero-order valence-corrected chi connectivity index (χ0v) is 18.2. The highest BCUT2D eigenvalue weighted by Gasteiger charge is 2.24. The fourth-order valence-corrected chi connectivity index (χ4v) is 3.84. The number of hydrogen-bond donors (Lipinski definition) is 1. The minimum Gasteiger partial charge on any atom is -0.490 e. The Labute approximate surface area is 190 Å². The molecule has 1 heterocycles. The normalized spacial score (nSPS) is 15.8. The van der Waals surface area contributed by atoms with Gasteiger partial charge in [0, 0.05) is 0 Å². The van der Waals surface area contributed by atoms with Crippen LogP contribution in [0.1, 0.15) is 18.1 Å². The number of para-hydroxylation sites is 1. The van der Waals surface area contributed by atoms with E-state index in [1.807, 2.05) is 49.4 Å². The van der Waals surface area contributed by atoms with Gasteiger partial charge in [0.05, 0.1) is 17.2 Å². The van der Waals surface area contributed by atoms with Gasteiger partial charge >= 0.3 is 0 Å². The van der Waals surface area contributed by atoms with E-state index in [0.29, 0.717) is 34.8 Å². The number of carbonyl (C=O) groups is 1. The lowest BCUT2D eigenvalue weighted by Crippen LogP contribution is -2.19. The van der Waals surface area contributed by atoms with Gasteiger partial charge in [0.1, 0.15) is 12.4 Å². The highest BCUT2D eigenvalue weighted by molar-refractivity contribution is 8.18. The van der Waals surface area contributed by atoms with Crippen LogP contribution in [0.2, 0.25) is 0 Å². The monoisotopic (exact) mass is 448 g/mol. The van der Waals surface area contributed by atoms with Crippen LogP contribution in [0.25, 0.3) is 6.08 Å². The maximum Gasteiger partial charge on any atom is 0.264 e. The summed E-state index contributed by atoms with van der Waals surface area (Å²) in [6.45, 7) is 2.65. The van der Waals surface area contributed by atoms with E-state index >= 15 is 0 Å². The molecule has 1 saturated heterocycles. The number of amides is 1. The van der Waals surface area contributed by atoms with Crippen molar-refractivity contribution >= 4 is 34.6 Å². The van der Waals surface area contributed by atoms with Crippen LogP contribution in [0, 0.1) is 5.82 Å². The van der Waals surface area contributed by atoms with E-state index in [9.17, 15) is 9.18 Å². The summed E-state index contributed by atoms with van der Waals surface area (Å²) in [6, 6.07) is 21.1. The Balaban J connectivity index is 1.50. The quantitative estimate of drug-likeness (QED) is 0.472. The molecule has 5 nitrogen and oxygen atoms in total. The number of nitrogens with zero attached hydrogens (tertiary/aromatic N) is 1. The van der Waals surface area contributed by atoms with E-state index in [2.05, 4.69) is 10.3 Å². The van der Waals surface area contributed by atoms with Crippen molar-refractivity contribution in [2.24, 2.45) is 4.99 Å². The number of thioether (sulfide) groups is 1. The second kappa shape index (κ2) is 10.2. The zero-order chi connectivity index (χ0) is 22.3. The molecule has 3 aromatic carbocycles. The maximum atomic E-state index is 13.1. The zero-order valence-electron chi connectivity index (χ0n) is 17.4. The van der Waals surface area contributed by atoms with Crippen LogP contribution in [-0.4, -0.2) is 17.7 Å². The Morgan fingerprint density at radius 3 is 2.53 bits per heavy atom. The lowest BCUT2D eigenvalue weighted by atomic mass is 10.2. The number of hydrogen-bond acceptors (Lipinski definition) is 5. The fraction of sp³-hybridized carbons (Fsp3) is 0.120. The number of amidine groups is 1. The molecule has 0 unspecified atom stereocenters. The molecule has 1 aliphatic rings. The molecule has 0 bridgehead atoms. The van der Waals surface area contributed by atoms with Crippen molar-refractivity contribution in [2.75, 3.05) is 6.61 Å². The number of benzene rings is 3. The summed E-state index contributed by atoms with van der Waals surface area (Å²) in [5.41, 5.74) is 2.43. The van der Waals surface area contributed by atoms with Crippen molar-refractivity contribution in [3.05, 3.63) is 94.6 Å². The van der Waals surface area contributed by atoms with Crippen LogP contribution in [0.3, 0.4) is 0 Å². The summed E-state index contributed by atoms with van der Waals surface area (Å²) in [4.78, 5) is 17.4. The third-order valence-electron chi connectivity index (χ3n) is 4.51. The van der Waals surface area contributed by atoms with E-state index < -0.39 is 0 Å². The van der Waals surface area contributed by atoms with Gasteiger partial charge in [0.2, 0.25) is 0 Å². The standard InChI is InChI=1S/C25H21FN2O3S/c1-2-30-22-14-18(10-13-21(22)31-16-17-8-11-19(26)12-9-17)15-23-24(29)28-25(32-23)27-20-6-4-3-5-7-20/h3-15H,2,16H2,1H3,(H,27,28,29)/b23-15-. The van der Waals surface area contributed by atoms with Crippen LogP contribution in [0.5, 0.6) is 11.5 Å². The van der Waals surface area contributed by atoms with E-state index in [1.54, 1.807) is 24.3 Å². The topological polar surface area (TPSA) is 59.9 Å². The molecular formula is C25H21FN2O3S. The van der Waals surface area contributed by atoms with E-state index in [-0.39, 0.29) is 11.7 Å². The summed E-state index contributed by atoms with van der Waals surface area (Å²) in [6.07, 6.45) is 1.79. The van der Waals surface area contributed by atoms with E-state index in [0.717, 1.165) is 16.8 Å². The van der Waals surface area contributed by atoms with E-state index in [1.165, 1.54) is 23.9 Å². The van der Waals surface area contributed by atoms with Gasteiger partial charge in [-0.15, -0.1) is 0 Å². The van der Waals surface area contributed by atoms with Crippen molar-refractivity contribution in [3.63, 3.8) is 0 Å². The van der Waals surface area contributed by atoms with Crippen LogP contribution >= 0.6 is 11.8 Å². The molecule has 7 heteroatoms. The van der Waals surface area contributed by atoms with Gasteiger partial charge in [-0.3, -0.25) is 4.79 Å². The Bertz CT molecular complexity index is 1160. The molecule has 1 N–H and O–H groups in total. The van der Waals surface area contributed by atoms with Gasteiger partial charge in [-0.1, -0.05) is 36.4 Å². The van der Waals surface area contributed by atoms with Gasteiger partial charge in [-0.25, -0.2) is 9.38 Å². The minimum absolute atomic E-state index is 0.195. The van der Waals surface area contributed by atoms with Crippen LogP contribution < -0.4 is 14.8 Å². The summed E-state index contributed by atoms with van der Waals surface area (Å²) in [7, 11) is 0. The largest absolute Gasteiger partial charge is 0.490 e. The first-order valence-corrected chi connectivity index (χ1v) is 10.9. The van der Waals surface area contributed by atoms with Gasteiger partial charge in [-0.2, -0.15) is 0 Å². The van der Waals surface area contributed by atoms with Crippen molar-refractivity contribution < 1.29 is 18.7 Å². The predicted molar refractivity (Wildman–Crippen MR) is 126 cm³/mol. The molecular weight excluding hydrogens is 427 g/mol. The lowest BCUT2D eigenvalue weighted by Gasteiger charge is -2.13. The average molecular weight is 449 g/mol. The first kappa shape index (κ1) is 21.6. The molecule has 4 rings (SSSR count). The van der Waals surface area contributed by atoms with Gasteiger partial charge in [0.15, 0.2) is 16.7 Å². The second-order valence-corrected chi connectivity index (χ2v) is 7.90. The van der Waals surface area contributed by atoms with Crippen LogP contribution in [0.4, 0.5) is 10.1 Å². The molecule has 32 heavy (non-hydrogen) atoms. The maximum absolute atomic E-state index is 13.1. The second-order valence-electron chi connectivity index (χ2n) is 6.87. The molecule has 0 aliphatic carbocycles. The lowest BCUT2D eigenvalue weighted by molar-refractivity contribution is -0.115. The molecule has 1 aliphatic heterocycles. The molecule has 1 amide bonds. The molecule has 162 valence electrons. The van der Waals surface area contributed by atoms with Gasteiger partial charge in [-0.05, 0) is 72.3 Å². The highest BCUT2D eigenvalue weighted by atomic mass is 32.2.